The predicted octanol–water partition coefficient (Wildman–Crippen LogP) is 1.47. The Hall–Kier alpha value is -0.930. The minimum Gasteiger partial charge on any atom is -0.389 e. The van der Waals surface area contributed by atoms with Gasteiger partial charge in [-0.05, 0) is 18.0 Å². The second-order valence-corrected chi connectivity index (χ2v) is 4.77. The summed E-state index contributed by atoms with van der Waals surface area (Å²) in [7, 11) is 0. The lowest BCUT2D eigenvalue weighted by molar-refractivity contribution is 0.0134. The molecule has 4 nitrogen and oxygen atoms in total. The Morgan fingerprint density at radius 2 is 2.47 bits per heavy atom. The SMILES string of the molecule is CCN(CC#N)CC(O)COCc1cccs1. The minimum absolute atomic E-state index is 0.305. The molecule has 1 atom stereocenters. The minimum atomic E-state index is -0.539. The van der Waals surface area contributed by atoms with Crippen LogP contribution < -0.4 is 0 Å². The van der Waals surface area contributed by atoms with Crippen LogP contribution in [-0.2, 0) is 11.3 Å². The van der Waals surface area contributed by atoms with Crippen LogP contribution in [-0.4, -0.2) is 42.4 Å². The molecule has 0 aliphatic rings. The fourth-order valence-electron chi connectivity index (χ4n) is 1.45. The molecule has 5 heteroatoms. The Labute approximate surface area is 106 Å². The quantitative estimate of drug-likeness (QED) is 0.714. The normalized spacial score (nSPS) is 12.6. The number of likely N-dealkylation sites (N-methyl/N-ethyl adjacent to an activating group) is 1. The first-order valence-electron chi connectivity index (χ1n) is 5.63. The van der Waals surface area contributed by atoms with E-state index < -0.39 is 6.10 Å². The fraction of sp³-hybridized carbons (Fsp3) is 0.583. The second-order valence-electron chi connectivity index (χ2n) is 3.73. The Morgan fingerprint density at radius 1 is 1.65 bits per heavy atom. The van der Waals surface area contributed by atoms with Gasteiger partial charge in [0, 0.05) is 11.4 Å². The number of rotatable bonds is 8. The molecule has 17 heavy (non-hydrogen) atoms. The van der Waals surface area contributed by atoms with Gasteiger partial charge in [-0.2, -0.15) is 5.26 Å². The maximum atomic E-state index is 9.73. The van der Waals surface area contributed by atoms with Crippen molar-refractivity contribution in [1.29, 1.82) is 5.26 Å². The van der Waals surface area contributed by atoms with E-state index in [4.69, 9.17) is 10.00 Å². The summed E-state index contributed by atoms with van der Waals surface area (Å²) < 4.78 is 5.41. The predicted molar refractivity (Wildman–Crippen MR) is 67.7 cm³/mol. The van der Waals surface area contributed by atoms with E-state index >= 15 is 0 Å². The van der Waals surface area contributed by atoms with E-state index in [9.17, 15) is 5.11 Å². The first-order chi connectivity index (χ1) is 8.26. The summed E-state index contributed by atoms with van der Waals surface area (Å²) in [6.45, 7) is 4.40. The van der Waals surface area contributed by atoms with E-state index in [1.165, 1.54) is 0 Å². The van der Waals surface area contributed by atoms with Crippen molar-refractivity contribution in [3.8, 4) is 6.07 Å². The highest BCUT2D eigenvalue weighted by atomic mass is 32.1. The van der Waals surface area contributed by atoms with Crippen molar-refractivity contribution < 1.29 is 9.84 Å². The molecule has 1 unspecified atom stereocenters. The molecular weight excluding hydrogens is 236 g/mol. The van der Waals surface area contributed by atoms with Gasteiger partial charge in [0.05, 0.1) is 31.9 Å². The Balaban J connectivity index is 2.16. The molecule has 0 aromatic carbocycles. The van der Waals surface area contributed by atoms with Crippen LogP contribution in [0.3, 0.4) is 0 Å². The van der Waals surface area contributed by atoms with Gasteiger partial charge in [-0.15, -0.1) is 11.3 Å². The highest BCUT2D eigenvalue weighted by molar-refractivity contribution is 7.09. The van der Waals surface area contributed by atoms with Crippen LogP contribution in [0.25, 0.3) is 0 Å². The van der Waals surface area contributed by atoms with Crippen LogP contribution in [0.5, 0.6) is 0 Å². The lowest BCUT2D eigenvalue weighted by Gasteiger charge is -2.20. The summed E-state index contributed by atoms with van der Waals surface area (Å²) >= 11 is 1.64. The van der Waals surface area contributed by atoms with Crippen molar-refractivity contribution >= 4 is 11.3 Å². The molecule has 0 bridgehead atoms. The Bertz CT molecular complexity index is 335. The maximum absolute atomic E-state index is 9.73. The largest absolute Gasteiger partial charge is 0.389 e. The van der Waals surface area contributed by atoms with Crippen LogP contribution in [0.2, 0.25) is 0 Å². The van der Waals surface area contributed by atoms with E-state index in [0.29, 0.717) is 26.3 Å². The number of aliphatic hydroxyl groups excluding tert-OH is 1. The summed E-state index contributed by atoms with van der Waals surface area (Å²) in [5.41, 5.74) is 0. The number of nitriles is 1. The molecule has 0 spiro atoms. The van der Waals surface area contributed by atoms with Gasteiger partial charge in [0.2, 0.25) is 0 Å². The lowest BCUT2D eigenvalue weighted by Crippen LogP contribution is -2.35. The number of nitrogens with zero attached hydrogens (tertiary/aromatic N) is 2. The van der Waals surface area contributed by atoms with Gasteiger partial charge >= 0.3 is 0 Å². The third-order valence-corrected chi connectivity index (χ3v) is 3.20. The van der Waals surface area contributed by atoms with Gasteiger partial charge in [0.1, 0.15) is 0 Å². The second kappa shape index (κ2) is 8.20. The Kier molecular flexibility index (Phi) is 6.82. The van der Waals surface area contributed by atoms with Crippen LogP contribution in [0.1, 0.15) is 11.8 Å². The first-order valence-corrected chi connectivity index (χ1v) is 6.51. The van der Waals surface area contributed by atoms with Crippen LogP contribution in [0.4, 0.5) is 0 Å². The van der Waals surface area contributed by atoms with E-state index in [1.54, 1.807) is 11.3 Å². The molecule has 1 aromatic rings. The lowest BCUT2D eigenvalue weighted by atomic mass is 10.3. The number of hydrogen-bond acceptors (Lipinski definition) is 5. The Morgan fingerprint density at radius 3 is 3.06 bits per heavy atom. The van der Waals surface area contributed by atoms with E-state index in [0.717, 1.165) is 11.4 Å². The molecule has 0 saturated carbocycles. The molecule has 0 radical (unpaired) electrons. The van der Waals surface area contributed by atoms with E-state index in [-0.39, 0.29) is 0 Å². The van der Waals surface area contributed by atoms with Gasteiger partial charge in [-0.25, -0.2) is 0 Å². The average Bonchev–Trinajstić information content (AvgIpc) is 2.81. The van der Waals surface area contributed by atoms with Crippen molar-refractivity contribution in [2.75, 3.05) is 26.2 Å². The van der Waals surface area contributed by atoms with Gasteiger partial charge in [-0.3, -0.25) is 4.90 Å². The number of hydrogen-bond donors (Lipinski definition) is 1. The first kappa shape index (κ1) is 14.1. The van der Waals surface area contributed by atoms with Crippen LogP contribution in [0, 0.1) is 11.3 Å². The molecule has 0 saturated heterocycles. The zero-order chi connectivity index (χ0) is 12.5. The zero-order valence-corrected chi connectivity index (χ0v) is 10.8. The number of thiophene rings is 1. The molecule has 1 aromatic heterocycles. The van der Waals surface area contributed by atoms with Crippen molar-refractivity contribution in [3.63, 3.8) is 0 Å². The van der Waals surface area contributed by atoms with Gasteiger partial charge in [0.15, 0.2) is 0 Å². The van der Waals surface area contributed by atoms with E-state index in [2.05, 4.69) is 6.07 Å². The third kappa shape index (κ3) is 5.80. The van der Waals surface area contributed by atoms with Crippen LogP contribution >= 0.6 is 11.3 Å². The highest BCUT2D eigenvalue weighted by Crippen LogP contribution is 2.09. The molecule has 0 aliphatic heterocycles. The molecule has 0 fully saturated rings. The molecule has 1 N–H and O–H groups in total. The fourth-order valence-corrected chi connectivity index (χ4v) is 2.09. The van der Waals surface area contributed by atoms with Crippen molar-refractivity contribution in [1.82, 2.24) is 4.90 Å². The third-order valence-electron chi connectivity index (χ3n) is 2.35. The zero-order valence-electron chi connectivity index (χ0n) is 10.0. The van der Waals surface area contributed by atoms with Crippen molar-refractivity contribution in [2.45, 2.75) is 19.6 Å². The van der Waals surface area contributed by atoms with Gasteiger partial charge in [-0.1, -0.05) is 13.0 Å². The topological polar surface area (TPSA) is 56.5 Å². The summed E-state index contributed by atoms with van der Waals surface area (Å²) in [6.07, 6.45) is -0.539. The highest BCUT2D eigenvalue weighted by Gasteiger charge is 2.10. The summed E-state index contributed by atoms with van der Waals surface area (Å²) in [5, 5.41) is 20.3. The summed E-state index contributed by atoms with van der Waals surface area (Å²) in [6, 6.07) is 6.06. The molecule has 94 valence electrons. The standard InChI is InChI=1S/C12H18N2O2S/c1-2-14(6-5-13)8-11(15)9-16-10-12-4-3-7-17-12/h3-4,7,11,15H,2,6,8-10H2,1H3. The van der Waals surface area contributed by atoms with Crippen LogP contribution in [0.15, 0.2) is 17.5 Å². The molecule has 0 aliphatic carbocycles. The number of ether oxygens (including phenoxy) is 1. The molecule has 1 heterocycles. The smallest absolute Gasteiger partial charge is 0.0900 e. The summed E-state index contributed by atoms with van der Waals surface area (Å²) in [4.78, 5) is 3.04. The van der Waals surface area contributed by atoms with Crippen molar-refractivity contribution in [2.24, 2.45) is 0 Å². The monoisotopic (exact) mass is 254 g/mol. The van der Waals surface area contributed by atoms with Crippen molar-refractivity contribution in [3.05, 3.63) is 22.4 Å². The maximum Gasteiger partial charge on any atom is 0.0900 e. The van der Waals surface area contributed by atoms with Gasteiger partial charge < -0.3 is 9.84 Å². The summed E-state index contributed by atoms with van der Waals surface area (Å²) in [5.74, 6) is 0. The van der Waals surface area contributed by atoms with E-state index in [1.807, 2.05) is 29.3 Å². The van der Waals surface area contributed by atoms with Gasteiger partial charge in [0.25, 0.3) is 0 Å². The molecule has 1 rings (SSSR count). The number of aliphatic hydroxyl groups is 1. The molecule has 0 amide bonds. The molecular formula is C12H18N2O2S. The average molecular weight is 254 g/mol.